The Morgan fingerprint density at radius 1 is 1.37 bits per heavy atom. The molecule has 0 aliphatic carbocycles. The van der Waals surface area contributed by atoms with Crippen molar-refractivity contribution in [2.75, 3.05) is 19.8 Å². The van der Waals surface area contributed by atoms with Gasteiger partial charge >= 0.3 is 0 Å². The van der Waals surface area contributed by atoms with E-state index in [2.05, 4.69) is 25.2 Å². The van der Waals surface area contributed by atoms with Crippen LogP contribution in [0.3, 0.4) is 0 Å². The molecule has 1 heterocycles. The van der Waals surface area contributed by atoms with E-state index in [9.17, 15) is 5.26 Å². The highest BCUT2D eigenvalue weighted by Gasteiger charge is 2.20. The van der Waals surface area contributed by atoms with Crippen molar-refractivity contribution in [2.45, 2.75) is 19.9 Å². The van der Waals surface area contributed by atoms with Crippen molar-refractivity contribution in [3.05, 3.63) is 22.7 Å². The minimum Gasteiger partial charge on any atom is -0.486 e. The monoisotopic (exact) mass is 280 g/mol. The summed E-state index contributed by atoms with van der Waals surface area (Å²) in [6.07, 6.45) is 0. The van der Waals surface area contributed by atoms with Crippen LogP contribution >= 0.6 is 11.6 Å². The lowest BCUT2D eigenvalue weighted by Gasteiger charge is -2.22. The average molecular weight is 281 g/mol. The molecule has 0 amide bonds. The van der Waals surface area contributed by atoms with Gasteiger partial charge in [0.15, 0.2) is 11.5 Å². The molecule has 0 saturated carbocycles. The number of ether oxygens (including phenoxy) is 2. The Hall–Kier alpha value is -1.44. The molecule has 102 valence electrons. The Labute approximate surface area is 118 Å². The molecule has 2 rings (SSSR count). The maximum Gasteiger partial charge on any atom is 0.179 e. The zero-order chi connectivity index (χ0) is 13.8. The van der Waals surface area contributed by atoms with Gasteiger partial charge in [-0.15, -0.1) is 0 Å². The van der Waals surface area contributed by atoms with E-state index < -0.39 is 6.04 Å². The van der Waals surface area contributed by atoms with E-state index in [4.69, 9.17) is 21.1 Å². The van der Waals surface area contributed by atoms with Crippen molar-refractivity contribution in [2.24, 2.45) is 5.92 Å². The van der Waals surface area contributed by atoms with Gasteiger partial charge in [-0.2, -0.15) is 5.26 Å². The number of fused-ring (bicyclic) bond motifs is 1. The quantitative estimate of drug-likeness (QED) is 0.921. The number of halogens is 1. The van der Waals surface area contributed by atoms with Gasteiger partial charge in [0.25, 0.3) is 0 Å². The van der Waals surface area contributed by atoms with Crippen LogP contribution in [0.4, 0.5) is 0 Å². The first-order valence-electron chi connectivity index (χ1n) is 6.34. The summed E-state index contributed by atoms with van der Waals surface area (Å²) in [5, 5.41) is 12.9. The standard InChI is InChI=1S/C14H17ClN2O2/c1-9(2)8-17-12(7-16)10-5-11(15)14-13(6-10)18-3-4-19-14/h5-6,9,12,17H,3-4,8H2,1-2H3. The van der Waals surface area contributed by atoms with E-state index in [1.54, 1.807) is 6.07 Å². The molecular formula is C14H17ClN2O2. The lowest BCUT2D eigenvalue weighted by molar-refractivity contribution is 0.171. The molecule has 0 bridgehead atoms. The third kappa shape index (κ3) is 3.31. The topological polar surface area (TPSA) is 54.3 Å². The average Bonchev–Trinajstić information content (AvgIpc) is 2.39. The number of hydrogen-bond donors (Lipinski definition) is 1. The van der Waals surface area contributed by atoms with Crippen molar-refractivity contribution in [3.63, 3.8) is 0 Å². The van der Waals surface area contributed by atoms with Gasteiger partial charge in [0.1, 0.15) is 19.3 Å². The van der Waals surface area contributed by atoms with Gasteiger partial charge in [-0.1, -0.05) is 25.4 Å². The van der Waals surface area contributed by atoms with E-state index in [1.165, 1.54) is 0 Å². The number of hydrogen-bond acceptors (Lipinski definition) is 4. The highest BCUT2D eigenvalue weighted by Crippen LogP contribution is 2.39. The predicted octanol–water partition coefficient (Wildman–Crippen LogP) is 2.92. The SMILES string of the molecule is CC(C)CNC(C#N)c1cc(Cl)c2c(c1)OCCO2. The van der Waals surface area contributed by atoms with Crippen molar-refractivity contribution in [1.82, 2.24) is 5.32 Å². The van der Waals surface area contributed by atoms with Crippen LogP contribution in [-0.2, 0) is 0 Å². The Morgan fingerprint density at radius 3 is 2.79 bits per heavy atom. The minimum absolute atomic E-state index is 0.393. The van der Waals surface area contributed by atoms with Gasteiger partial charge < -0.3 is 9.47 Å². The first kappa shape index (κ1) is 14.0. The van der Waals surface area contributed by atoms with E-state index in [0.717, 1.165) is 12.1 Å². The first-order valence-corrected chi connectivity index (χ1v) is 6.71. The van der Waals surface area contributed by atoms with E-state index in [1.807, 2.05) is 6.07 Å². The second kappa shape index (κ2) is 6.14. The number of nitrogens with one attached hydrogen (secondary N) is 1. The molecule has 1 N–H and O–H groups in total. The molecule has 0 fully saturated rings. The second-order valence-corrected chi connectivity index (χ2v) is 5.30. The smallest absolute Gasteiger partial charge is 0.179 e. The maximum absolute atomic E-state index is 9.26. The number of nitriles is 1. The van der Waals surface area contributed by atoms with E-state index in [0.29, 0.717) is 35.7 Å². The second-order valence-electron chi connectivity index (χ2n) is 4.89. The Morgan fingerprint density at radius 2 is 2.11 bits per heavy atom. The summed E-state index contributed by atoms with van der Waals surface area (Å²) in [4.78, 5) is 0. The highest BCUT2D eigenvalue weighted by atomic mass is 35.5. The third-order valence-corrected chi connectivity index (χ3v) is 3.09. The fourth-order valence-corrected chi connectivity index (χ4v) is 2.16. The molecule has 19 heavy (non-hydrogen) atoms. The van der Waals surface area contributed by atoms with Crippen LogP contribution in [0, 0.1) is 17.2 Å². The largest absolute Gasteiger partial charge is 0.486 e. The van der Waals surface area contributed by atoms with Gasteiger partial charge in [0.2, 0.25) is 0 Å². The molecule has 0 spiro atoms. The lowest BCUT2D eigenvalue weighted by Crippen LogP contribution is -2.24. The van der Waals surface area contributed by atoms with Gasteiger partial charge in [0, 0.05) is 0 Å². The van der Waals surface area contributed by atoms with Crippen LogP contribution in [0.15, 0.2) is 12.1 Å². The molecule has 1 aromatic carbocycles. The first-order chi connectivity index (χ1) is 9.11. The fourth-order valence-electron chi connectivity index (χ4n) is 1.89. The minimum atomic E-state index is -0.393. The van der Waals surface area contributed by atoms with E-state index in [-0.39, 0.29) is 0 Å². The Bertz CT molecular complexity index is 497. The van der Waals surface area contributed by atoms with E-state index >= 15 is 0 Å². The van der Waals surface area contributed by atoms with Crippen molar-refractivity contribution >= 4 is 11.6 Å². The van der Waals surface area contributed by atoms with Crippen LogP contribution in [-0.4, -0.2) is 19.8 Å². The zero-order valence-electron chi connectivity index (χ0n) is 11.1. The number of nitrogens with zero attached hydrogens (tertiary/aromatic N) is 1. The summed E-state index contributed by atoms with van der Waals surface area (Å²) in [5.41, 5.74) is 0.803. The normalized spacial score (nSPS) is 15.1. The van der Waals surface area contributed by atoms with Crippen LogP contribution in [0.2, 0.25) is 5.02 Å². The van der Waals surface area contributed by atoms with Crippen molar-refractivity contribution in [3.8, 4) is 17.6 Å². The molecule has 0 radical (unpaired) electrons. The third-order valence-electron chi connectivity index (χ3n) is 2.81. The highest BCUT2D eigenvalue weighted by molar-refractivity contribution is 6.32. The molecule has 0 saturated heterocycles. The van der Waals surface area contributed by atoms with Gasteiger partial charge in [0.05, 0.1) is 11.1 Å². The summed E-state index contributed by atoms with van der Waals surface area (Å²) in [7, 11) is 0. The Kier molecular flexibility index (Phi) is 4.52. The molecule has 1 aromatic rings. The van der Waals surface area contributed by atoms with Crippen LogP contribution in [0.5, 0.6) is 11.5 Å². The number of rotatable bonds is 4. The van der Waals surface area contributed by atoms with Gasteiger partial charge in [-0.3, -0.25) is 5.32 Å². The lowest BCUT2D eigenvalue weighted by atomic mass is 10.1. The summed E-state index contributed by atoms with van der Waals surface area (Å²) < 4.78 is 11.0. The molecular weight excluding hydrogens is 264 g/mol. The van der Waals surface area contributed by atoms with Crippen LogP contribution in [0.25, 0.3) is 0 Å². The summed E-state index contributed by atoms with van der Waals surface area (Å²) in [6.45, 7) is 5.96. The van der Waals surface area contributed by atoms with Crippen LogP contribution in [0.1, 0.15) is 25.5 Å². The molecule has 1 aliphatic heterocycles. The van der Waals surface area contributed by atoms with Gasteiger partial charge in [-0.05, 0) is 30.2 Å². The van der Waals surface area contributed by atoms with Crippen molar-refractivity contribution < 1.29 is 9.47 Å². The molecule has 4 nitrogen and oxygen atoms in total. The van der Waals surface area contributed by atoms with Gasteiger partial charge in [-0.25, -0.2) is 0 Å². The molecule has 1 unspecified atom stereocenters. The molecule has 0 aromatic heterocycles. The summed E-state index contributed by atoms with van der Waals surface area (Å²) in [6, 6.07) is 5.43. The summed E-state index contributed by atoms with van der Waals surface area (Å²) >= 11 is 6.17. The molecule has 1 aliphatic rings. The number of benzene rings is 1. The molecule has 5 heteroatoms. The molecule has 1 atom stereocenters. The van der Waals surface area contributed by atoms with Crippen molar-refractivity contribution in [1.29, 1.82) is 5.26 Å². The fraction of sp³-hybridized carbons (Fsp3) is 0.500. The zero-order valence-corrected chi connectivity index (χ0v) is 11.8. The van der Waals surface area contributed by atoms with Crippen LogP contribution < -0.4 is 14.8 Å². The summed E-state index contributed by atoms with van der Waals surface area (Å²) in [5.74, 6) is 1.65. The predicted molar refractivity (Wildman–Crippen MR) is 73.6 cm³/mol. The maximum atomic E-state index is 9.26. The Balaban J connectivity index is 2.24.